The summed E-state index contributed by atoms with van der Waals surface area (Å²) in [5.74, 6) is 1.60. The quantitative estimate of drug-likeness (QED) is 0.856. The maximum atomic E-state index is 12.3. The van der Waals surface area contributed by atoms with Crippen LogP contribution in [0.1, 0.15) is 38.1 Å². The fraction of sp³-hybridized carbons (Fsp3) is 0.500. The zero-order valence-corrected chi connectivity index (χ0v) is 16.3. The number of benzene rings is 1. The monoisotopic (exact) mass is 375 g/mol. The number of rotatable bonds is 5. The van der Waals surface area contributed by atoms with Crippen molar-refractivity contribution in [1.82, 2.24) is 15.2 Å². The van der Waals surface area contributed by atoms with E-state index in [1.807, 2.05) is 45.0 Å². The van der Waals surface area contributed by atoms with Crippen LogP contribution in [-0.4, -0.2) is 34.9 Å². The Hall–Kier alpha value is -1.85. The number of oxazole rings is 1. The molecule has 0 spiro atoms. The second-order valence-electron chi connectivity index (χ2n) is 7.27. The molecule has 6 heteroatoms. The number of carbonyl (C=O) groups excluding carboxylic acids is 1. The summed E-state index contributed by atoms with van der Waals surface area (Å²) in [5.41, 5.74) is 1.80. The van der Waals surface area contributed by atoms with E-state index in [4.69, 9.17) is 16.0 Å². The summed E-state index contributed by atoms with van der Waals surface area (Å²) < 4.78 is 5.85. The van der Waals surface area contributed by atoms with Gasteiger partial charge < -0.3 is 9.73 Å². The molecule has 0 radical (unpaired) electrons. The van der Waals surface area contributed by atoms with E-state index in [0.717, 1.165) is 42.9 Å². The van der Waals surface area contributed by atoms with Crippen molar-refractivity contribution >= 4 is 17.5 Å². The van der Waals surface area contributed by atoms with Crippen LogP contribution in [0.4, 0.5) is 0 Å². The maximum Gasteiger partial charge on any atom is 0.226 e. The van der Waals surface area contributed by atoms with E-state index in [9.17, 15) is 4.79 Å². The van der Waals surface area contributed by atoms with Gasteiger partial charge in [0.25, 0.3) is 0 Å². The molecular weight excluding hydrogens is 350 g/mol. The normalized spacial score (nSPS) is 18.3. The largest absolute Gasteiger partial charge is 0.441 e. The number of halogens is 1. The molecule has 0 saturated carbocycles. The van der Waals surface area contributed by atoms with Crippen LogP contribution in [0.15, 0.2) is 28.7 Å². The predicted octanol–water partition coefficient (Wildman–Crippen LogP) is 4.04. The number of aromatic nitrogens is 1. The average Bonchev–Trinajstić information content (AvgIpc) is 2.95. The number of piperidine rings is 1. The molecule has 140 valence electrons. The lowest BCUT2D eigenvalue weighted by atomic mass is 9.96. The van der Waals surface area contributed by atoms with E-state index in [2.05, 4.69) is 15.2 Å². The van der Waals surface area contributed by atoms with Gasteiger partial charge in [0.05, 0.1) is 11.6 Å². The van der Waals surface area contributed by atoms with Gasteiger partial charge in [0.15, 0.2) is 0 Å². The van der Waals surface area contributed by atoms with Gasteiger partial charge in [-0.1, -0.05) is 17.7 Å². The standard InChI is InChI=1S/C20H26ClN3O2/c1-13(2)22-19(25)16-7-5-9-24(11-16)12-18-14(3)26-20(23-18)15-6-4-8-17(21)10-15/h4,6,8,10,13,16H,5,7,9,11-12H2,1-3H3,(H,22,25)/t16-/m0/s1. The van der Waals surface area contributed by atoms with Gasteiger partial charge in [-0.25, -0.2) is 4.98 Å². The summed E-state index contributed by atoms with van der Waals surface area (Å²) in [4.78, 5) is 19.3. The third-order valence-corrected chi connectivity index (χ3v) is 4.88. The van der Waals surface area contributed by atoms with Gasteiger partial charge in [-0.3, -0.25) is 9.69 Å². The van der Waals surface area contributed by atoms with E-state index in [0.29, 0.717) is 17.5 Å². The van der Waals surface area contributed by atoms with Crippen LogP contribution in [0.25, 0.3) is 11.5 Å². The summed E-state index contributed by atoms with van der Waals surface area (Å²) in [7, 11) is 0. The van der Waals surface area contributed by atoms with Gasteiger partial charge in [0.1, 0.15) is 5.76 Å². The molecule has 5 nitrogen and oxygen atoms in total. The summed E-state index contributed by atoms with van der Waals surface area (Å²) in [5, 5.41) is 3.69. The van der Waals surface area contributed by atoms with E-state index in [1.54, 1.807) is 0 Å². The second kappa shape index (κ2) is 8.23. The highest BCUT2D eigenvalue weighted by atomic mass is 35.5. The van der Waals surface area contributed by atoms with Gasteiger partial charge in [-0.2, -0.15) is 0 Å². The number of nitrogens with one attached hydrogen (secondary N) is 1. The Morgan fingerprint density at radius 2 is 2.27 bits per heavy atom. The Labute approximate surface area is 159 Å². The first-order valence-corrected chi connectivity index (χ1v) is 9.55. The van der Waals surface area contributed by atoms with Gasteiger partial charge in [-0.05, 0) is 58.4 Å². The summed E-state index contributed by atoms with van der Waals surface area (Å²) in [6.45, 7) is 8.36. The highest BCUT2D eigenvalue weighted by molar-refractivity contribution is 6.30. The van der Waals surface area contributed by atoms with Crippen molar-refractivity contribution in [3.05, 3.63) is 40.7 Å². The summed E-state index contributed by atoms with van der Waals surface area (Å²) in [6.07, 6.45) is 1.97. The number of hydrogen-bond donors (Lipinski definition) is 1. The molecule has 1 aliphatic heterocycles. The maximum absolute atomic E-state index is 12.3. The van der Waals surface area contributed by atoms with Gasteiger partial charge in [0.2, 0.25) is 11.8 Å². The predicted molar refractivity (Wildman–Crippen MR) is 103 cm³/mol. The molecule has 3 rings (SSSR count). The third-order valence-electron chi connectivity index (χ3n) is 4.64. The van der Waals surface area contributed by atoms with Crippen molar-refractivity contribution in [2.24, 2.45) is 5.92 Å². The molecule has 0 aliphatic carbocycles. The van der Waals surface area contributed by atoms with Crippen LogP contribution in [0.3, 0.4) is 0 Å². The van der Waals surface area contributed by atoms with Crippen LogP contribution in [0, 0.1) is 12.8 Å². The Kier molecular flexibility index (Phi) is 5.99. The van der Waals surface area contributed by atoms with Crippen LogP contribution in [0.5, 0.6) is 0 Å². The Morgan fingerprint density at radius 3 is 3.00 bits per heavy atom. The van der Waals surface area contributed by atoms with E-state index in [1.165, 1.54) is 0 Å². The lowest BCUT2D eigenvalue weighted by molar-refractivity contribution is -0.127. The smallest absolute Gasteiger partial charge is 0.226 e. The summed E-state index contributed by atoms with van der Waals surface area (Å²) >= 11 is 6.06. The number of hydrogen-bond acceptors (Lipinski definition) is 4. The molecule has 1 saturated heterocycles. The number of amides is 1. The highest BCUT2D eigenvalue weighted by Crippen LogP contribution is 2.26. The van der Waals surface area contributed by atoms with E-state index in [-0.39, 0.29) is 17.9 Å². The van der Waals surface area contributed by atoms with Crippen molar-refractivity contribution in [3.63, 3.8) is 0 Å². The van der Waals surface area contributed by atoms with Crippen molar-refractivity contribution in [2.45, 2.75) is 46.2 Å². The molecule has 1 fully saturated rings. The number of aryl methyl sites for hydroxylation is 1. The van der Waals surface area contributed by atoms with E-state index < -0.39 is 0 Å². The van der Waals surface area contributed by atoms with E-state index >= 15 is 0 Å². The first kappa shape index (κ1) is 18.9. The zero-order chi connectivity index (χ0) is 18.7. The van der Waals surface area contributed by atoms with Crippen LogP contribution >= 0.6 is 11.6 Å². The van der Waals surface area contributed by atoms with Crippen molar-refractivity contribution < 1.29 is 9.21 Å². The molecule has 26 heavy (non-hydrogen) atoms. The van der Waals surface area contributed by atoms with Gasteiger partial charge in [0, 0.05) is 29.7 Å². The molecule has 1 aromatic carbocycles. The molecule has 1 aromatic heterocycles. The second-order valence-corrected chi connectivity index (χ2v) is 7.71. The topological polar surface area (TPSA) is 58.4 Å². The van der Waals surface area contributed by atoms with Gasteiger partial charge in [-0.15, -0.1) is 0 Å². The molecule has 2 aromatic rings. The Balaban J connectivity index is 1.68. The fourth-order valence-electron chi connectivity index (χ4n) is 3.35. The Morgan fingerprint density at radius 1 is 1.46 bits per heavy atom. The number of carbonyl (C=O) groups is 1. The van der Waals surface area contributed by atoms with Crippen molar-refractivity contribution in [2.75, 3.05) is 13.1 Å². The number of nitrogens with zero attached hydrogens (tertiary/aromatic N) is 2. The molecule has 0 unspecified atom stereocenters. The fourth-order valence-corrected chi connectivity index (χ4v) is 3.54. The summed E-state index contributed by atoms with van der Waals surface area (Å²) in [6, 6.07) is 7.69. The highest BCUT2D eigenvalue weighted by Gasteiger charge is 2.27. The van der Waals surface area contributed by atoms with Crippen LogP contribution in [0.2, 0.25) is 5.02 Å². The minimum absolute atomic E-state index is 0.0470. The Bertz CT molecular complexity index is 772. The van der Waals surface area contributed by atoms with Crippen LogP contribution in [-0.2, 0) is 11.3 Å². The van der Waals surface area contributed by atoms with Crippen molar-refractivity contribution in [3.8, 4) is 11.5 Å². The zero-order valence-electron chi connectivity index (χ0n) is 15.6. The minimum Gasteiger partial charge on any atom is -0.441 e. The van der Waals surface area contributed by atoms with Gasteiger partial charge >= 0.3 is 0 Å². The molecule has 1 atom stereocenters. The average molecular weight is 376 g/mol. The first-order valence-electron chi connectivity index (χ1n) is 9.17. The number of likely N-dealkylation sites (tertiary alicyclic amines) is 1. The molecule has 1 aliphatic rings. The third kappa shape index (κ3) is 4.65. The minimum atomic E-state index is 0.0470. The molecule has 0 bridgehead atoms. The lowest BCUT2D eigenvalue weighted by Gasteiger charge is -2.31. The molecule has 2 heterocycles. The van der Waals surface area contributed by atoms with Crippen LogP contribution < -0.4 is 5.32 Å². The molecule has 1 N–H and O–H groups in total. The molecule has 1 amide bonds. The SMILES string of the molecule is Cc1oc(-c2cccc(Cl)c2)nc1CN1CCC[C@H](C(=O)NC(C)C)C1. The van der Waals surface area contributed by atoms with Crippen molar-refractivity contribution in [1.29, 1.82) is 0 Å². The first-order chi connectivity index (χ1) is 12.4. The molecular formula is C20H26ClN3O2. The lowest BCUT2D eigenvalue weighted by Crippen LogP contribution is -2.44.